The fraction of sp³-hybridized carbons (Fsp3) is 0.500. The van der Waals surface area contributed by atoms with E-state index in [0.29, 0.717) is 12.1 Å². The SMILES string of the molecule is Cc1ccc(Cl)cc1C1CCNC(=S)N1C(C)C. The zero-order valence-corrected chi connectivity index (χ0v) is 12.6. The number of rotatable bonds is 2. The fourth-order valence-corrected chi connectivity index (χ4v) is 3.18. The number of hydrogen-bond acceptors (Lipinski definition) is 1. The Hall–Kier alpha value is -0.800. The van der Waals surface area contributed by atoms with Crippen LogP contribution in [0.2, 0.25) is 5.02 Å². The van der Waals surface area contributed by atoms with Gasteiger partial charge in [-0.1, -0.05) is 17.7 Å². The van der Waals surface area contributed by atoms with Crippen molar-refractivity contribution in [1.29, 1.82) is 0 Å². The summed E-state index contributed by atoms with van der Waals surface area (Å²) in [4.78, 5) is 2.28. The van der Waals surface area contributed by atoms with Gasteiger partial charge in [0.05, 0.1) is 6.04 Å². The van der Waals surface area contributed by atoms with Gasteiger partial charge in [-0.3, -0.25) is 0 Å². The first kappa shape index (κ1) is 13.6. The second-order valence-electron chi connectivity index (χ2n) is 5.04. The summed E-state index contributed by atoms with van der Waals surface area (Å²) < 4.78 is 0. The van der Waals surface area contributed by atoms with E-state index in [-0.39, 0.29) is 0 Å². The summed E-state index contributed by atoms with van der Waals surface area (Å²) in [5.74, 6) is 0. The van der Waals surface area contributed by atoms with Crippen LogP contribution >= 0.6 is 23.8 Å². The Morgan fingerprint density at radius 1 is 1.44 bits per heavy atom. The third-order valence-corrected chi connectivity index (χ3v) is 4.01. The normalized spacial score (nSPS) is 20.2. The zero-order valence-electron chi connectivity index (χ0n) is 11.0. The van der Waals surface area contributed by atoms with E-state index in [1.54, 1.807) is 0 Å². The molecule has 1 aromatic carbocycles. The highest BCUT2D eigenvalue weighted by Crippen LogP contribution is 2.32. The van der Waals surface area contributed by atoms with Crippen molar-refractivity contribution in [3.8, 4) is 0 Å². The molecule has 18 heavy (non-hydrogen) atoms. The highest BCUT2D eigenvalue weighted by molar-refractivity contribution is 7.80. The van der Waals surface area contributed by atoms with E-state index in [0.717, 1.165) is 23.1 Å². The molecule has 2 nitrogen and oxygen atoms in total. The van der Waals surface area contributed by atoms with Crippen molar-refractivity contribution in [3.05, 3.63) is 34.3 Å². The Morgan fingerprint density at radius 3 is 2.83 bits per heavy atom. The quantitative estimate of drug-likeness (QED) is 0.833. The monoisotopic (exact) mass is 282 g/mol. The number of benzene rings is 1. The Bertz CT molecular complexity index is 459. The molecule has 0 amide bonds. The lowest BCUT2D eigenvalue weighted by Crippen LogP contribution is -2.51. The van der Waals surface area contributed by atoms with Gasteiger partial charge < -0.3 is 10.2 Å². The van der Waals surface area contributed by atoms with Crippen LogP contribution in [0.4, 0.5) is 0 Å². The molecule has 1 saturated heterocycles. The molecule has 0 radical (unpaired) electrons. The fourth-order valence-electron chi connectivity index (χ4n) is 2.56. The second-order valence-corrected chi connectivity index (χ2v) is 5.86. The van der Waals surface area contributed by atoms with Crippen molar-refractivity contribution < 1.29 is 0 Å². The first-order chi connectivity index (χ1) is 8.50. The third-order valence-electron chi connectivity index (χ3n) is 3.42. The Kier molecular flexibility index (Phi) is 4.13. The number of nitrogens with one attached hydrogen (secondary N) is 1. The maximum atomic E-state index is 6.13. The average molecular weight is 283 g/mol. The molecule has 1 atom stereocenters. The van der Waals surface area contributed by atoms with Crippen LogP contribution < -0.4 is 5.32 Å². The van der Waals surface area contributed by atoms with Crippen LogP contribution in [-0.2, 0) is 0 Å². The summed E-state index contributed by atoms with van der Waals surface area (Å²) in [6.07, 6.45) is 1.06. The highest BCUT2D eigenvalue weighted by atomic mass is 35.5. The first-order valence-corrected chi connectivity index (χ1v) is 7.11. The lowest BCUT2D eigenvalue weighted by atomic mass is 9.95. The van der Waals surface area contributed by atoms with Gasteiger partial charge in [0.1, 0.15) is 0 Å². The molecule has 98 valence electrons. The molecule has 0 bridgehead atoms. The highest BCUT2D eigenvalue weighted by Gasteiger charge is 2.29. The number of thiocarbonyl (C=S) groups is 1. The topological polar surface area (TPSA) is 15.3 Å². The van der Waals surface area contributed by atoms with E-state index in [1.807, 2.05) is 6.07 Å². The predicted octanol–water partition coefficient (Wildman–Crippen LogP) is 3.68. The molecular weight excluding hydrogens is 264 g/mol. The minimum absolute atomic E-state index is 0.331. The molecule has 1 aliphatic heterocycles. The molecule has 1 aromatic rings. The van der Waals surface area contributed by atoms with E-state index >= 15 is 0 Å². The Morgan fingerprint density at radius 2 is 2.17 bits per heavy atom. The molecule has 4 heteroatoms. The van der Waals surface area contributed by atoms with Gasteiger partial charge >= 0.3 is 0 Å². The largest absolute Gasteiger partial charge is 0.362 e. The van der Waals surface area contributed by atoms with Crippen LogP contribution in [0.1, 0.15) is 37.4 Å². The molecule has 0 aliphatic carbocycles. The Labute approximate surface area is 119 Å². The predicted molar refractivity (Wildman–Crippen MR) is 81.1 cm³/mol. The van der Waals surface area contributed by atoms with E-state index in [4.69, 9.17) is 23.8 Å². The Balaban J connectivity index is 2.40. The van der Waals surface area contributed by atoms with Crippen LogP contribution in [0.5, 0.6) is 0 Å². The smallest absolute Gasteiger partial charge is 0.169 e. The molecule has 2 rings (SSSR count). The van der Waals surface area contributed by atoms with Crippen LogP contribution in [0.25, 0.3) is 0 Å². The summed E-state index contributed by atoms with van der Waals surface area (Å²) in [5.41, 5.74) is 2.57. The van der Waals surface area contributed by atoms with E-state index in [1.165, 1.54) is 11.1 Å². The van der Waals surface area contributed by atoms with Crippen LogP contribution in [-0.4, -0.2) is 22.6 Å². The summed E-state index contributed by atoms with van der Waals surface area (Å²) in [6.45, 7) is 7.41. The van der Waals surface area contributed by atoms with E-state index in [2.05, 4.69) is 43.1 Å². The van der Waals surface area contributed by atoms with Gasteiger partial charge in [0.2, 0.25) is 0 Å². The second kappa shape index (κ2) is 5.45. The van der Waals surface area contributed by atoms with Gasteiger partial charge in [-0.15, -0.1) is 0 Å². The summed E-state index contributed by atoms with van der Waals surface area (Å²) >= 11 is 11.6. The maximum absolute atomic E-state index is 6.13. The number of nitrogens with zero attached hydrogens (tertiary/aromatic N) is 1. The minimum Gasteiger partial charge on any atom is -0.362 e. The summed E-state index contributed by atoms with van der Waals surface area (Å²) in [5, 5.41) is 4.91. The van der Waals surface area contributed by atoms with Gasteiger partial charge in [-0.25, -0.2) is 0 Å². The van der Waals surface area contributed by atoms with Gasteiger partial charge in [0.25, 0.3) is 0 Å². The molecule has 0 aromatic heterocycles. The molecule has 1 unspecified atom stereocenters. The van der Waals surface area contributed by atoms with Crippen molar-refractivity contribution in [2.45, 2.75) is 39.3 Å². The van der Waals surface area contributed by atoms with Crippen molar-refractivity contribution in [1.82, 2.24) is 10.2 Å². The maximum Gasteiger partial charge on any atom is 0.169 e. The van der Waals surface area contributed by atoms with Crippen LogP contribution in [0.15, 0.2) is 18.2 Å². The third kappa shape index (κ3) is 2.62. The number of hydrogen-bond donors (Lipinski definition) is 1. The summed E-state index contributed by atoms with van der Waals surface area (Å²) in [7, 11) is 0. The number of halogens is 1. The lowest BCUT2D eigenvalue weighted by Gasteiger charge is -2.42. The first-order valence-electron chi connectivity index (χ1n) is 6.33. The van der Waals surface area contributed by atoms with Crippen LogP contribution in [0.3, 0.4) is 0 Å². The van der Waals surface area contributed by atoms with Crippen LogP contribution in [0, 0.1) is 6.92 Å². The molecular formula is C14H19ClN2S. The van der Waals surface area contributed by atoms with Gasteiger partial charge in [0.15, 0.2) is 5.11 Å². The van der Waals surface area contributed by atoms with Gasteiger partial charge in [0, 0.05) is 17.6 Å². The minimum atomic E-state index is 0.331. The molecule has 1 aliphatic rings. The lowest BCUT2D eigenvalue weighted by molar-refractivity contribution is 0.228. The molecule has 1 fully saturated rings. The zero-order chi connectivity index (χ0) is 13.3. The molecule has 1 heterocycles. The van der Waals surface area contributed by atoms with Crippen molar-refractivity contribution in [3.63, 3.8) is 0 Å². The average Bonchev–Trinajstić information content (AvgIpc) is 2.31. The molecule has 1 N–H and O–H groups in total. The van der Waals surface area contributed by atoms with Crippen molar-refractivity contribution in [2.24, 2.45) is 0 Å². The van der Waals surface area contributed by atoms with E-state index in [9.17, 15) is 0 Å². The van der Waals surface area contributed by atoms with Gasteiger partial charge in [-0.05, 0) is 62.7 Å². The van der Waals surface area contributed by atoms with Gasteiger partial charge in [-0.2, -0.15) is 0 Å². The number of aryl methyl sites for hydroxylation is 1. The summed E-state index contributed by atoms with van der Waals surface area (Å²) in [6, 6.07) is 6.82. The van der Waals surface area contributed by atoms with Crippen molar-refractivity contribution >= 4 is 28.9 Å². The van der Waals surface area contributed by atoms with E-state index < -0.39 is 0 Å². The molecule has 0 saturated carbocycles. The molecule has 0 spiro atoms. The van der Waals surface area contributed by atoms with Crippen molar-refractivity contribution in [2.75, 3.05) is 6.54 Å². The standard InChI is InChI=1S/C14H19ClN2S/c1-9(2)17-13(6-7-16-14(17)18)12-8-11(15)5-4-10(12)3/h4-5,8-9,13H,6-7H2,1-3H3,(H,16,18).